The molecule has 10 N–H and O–H groups in total. The maximum Gasteiger partial charge on any atom is 0.320 e. The maximum absolute atomic E-state index is 15.3. The van der Waals surface area contributed by atoms with Crippen molar-refractivity contribution in [3.05, 3.63) is 45.7 Å². The highest BCUT2D eigenvalue weighted by Crippen LogP contribution is 2.53. The Labute approximate surface area is 227 Å². The number of aliphatic hydroxyl groups excluding tert-OH is 2. The van der Waals surface area contributed by atoms with E-state index < -0.39 is 92.8 Å². The number of carboxylic acids is 1. The first kappa shape index (κ1) is 29.0. The second-order valence-electron chi connectivity index (χ2n) is 10.6. The summed E-state index contributed by atoms with van der Waals surface area (Å²) >= 11 is 0. The second-order valence-corrected chi connectivity index (χ2v) is 10.6. The van der Waals surface area contributed by atoms with Gasteiger partial charge >= 0.3 is 5.97 Å². The van der Waals surface area contributed by atoms with Crippen LogP contribution in [0.1, 0.15) is 35.2 Å². The molecule has 3 aliphatic rings. The van der Waals surface area contributed by atoms with Gasteiger partial charge in [-0.2, -0.15) is 0 Å². The van der Waals surface area contributed by atoms with E-state index in [4.69, 9.17) is 16.6 Å². The van der Waals surface area contributed by atoms with E-state index >= 15 is 4.39 Å². The number of nitrogens with one attached hydrogen (secondary N) is 1. The van der Waals surface area contributed by atoms with Gasteiger partial charge in [-0.15, -0.1) is 0 Å². The average molecular weight is 563 g/mol. The zero-order chi connectivity index (χ0) is 29.8. The van der Waals surface area contributed by atoms with Crippen LogP contribution in [-0.4, -0.2) is 92.2 Å². The van der Waals surface area contributed by atoms with Gasteiger partial charge in [0.05, 0.1) is 17.3 Å². The van der Waals surface area contributed by atoms with Gasteiger partial charge in [0.1, 0.15) is 34.7 Å². The Morgan fingerprint density at radius 3 is 2.48 bits per heavy atom. The summed E-state index contributed by atoms with van der Waals surface area (Å²) in [4.78, 5) is 51.3. The number of carbonyl (C=O) groups is 4. The quantitative estimate of drug-likeness (QED) is 0.117. The zero-order valence-electron chi connectivity index (χ0n) is 21.8. The van der Waals surface area contributed by atoms with Gasteiger partial charge in [0.15, 0.2) is 11.4 Å². The summed E-state index contributed by atoms with van der Waals surface area (Å²) in [5, 5.41) is 56.2. The van der Waals surface area contributed by atoms with E-state index in [0.717, 1.165) is 6.07 Å². The fraction of sp³-hybridized carbons (Fsp3) is 0.462. The molecule has 0 aromatic heterocycles. The molecule has 3 aliphatic carbocycles. The fourth-order valence-electron chi connectivity index (χ4n) is 6.08. The Bertz CT molecular complexity index is 1390. The van der Waals surface area contributed by atoms with Crippen LogP contribution in [0.25, 0.3) is 0 Å². The number of likely N-dealkylation sites (N-methyl/N-ethyl adjacent to an activating group) is 1. The Kier molecular flexibility index (Phi) is 7.38. The first-order valence-electron chi connectivity index (χ1n) is 12.6. The van der Waals surface area contributed by atoms with Crippen LogP contribution in [-0.2, 0) is 20.8 Å². The van der Waals surface area contributed by atoms with Gasteiger partial charge in [-0.1, -0.05) is 0 Å². The van der Waals surface area contributed by atoms with Gasteiger partial charge in [-0.3, -0.25) is 24.1 Å². The van der Waals surface area contributed by atoms with Crippen molar-refractivity contribution in [1.82, 2.24) is 4.90 Å². The number of aliphatic hydroxyl groups is 3. The van der Waals surface area contributed by atoms with E-state index in [0.29, 0.717) is 0 Å². The van der Waals surface area contributed by atoms with E-state index in [1.54, 1.807) is 0 Å². The number of nitrogens with two attached hydrogens (primary N) is 2. The van der Waals surface area contributed by atoms with Crippen LogP contribution in [0.4, 0.5) is 10.1 Å². The SMILES string of the molecule is CN(C)[C@@H]1C(O)=C(C(N)=O)C(=O)[C@@]2(O)C(O)=C3C(=O)c4c(O)c(NCCC[C@H](N)C(=O)O)cc(F)c4C[C@H]3C[C@@H]12. The van der Waals surface area contributed by atoms with Gasteiger partial charge in [-0.05, 0) is 45.7 Å². The van der Waals surface area contributed by atoms with E-state index in [-0.39, 0.29) is 43.5 Å². The average Bonchev–Trinajstić information content (AvgIpc) is 2.86. The molecule has 5 atom stereocenters. The van der Waals surface area contributed by atoms with Crippen LogP contribution >= 0.6 is 0 Å². The van der Waals surface area contributed by atoms with Crippen LogP contribution in [0.5, 0.6) is 5.75 Å². The number of hydrogen-bond donors (Lipinski definition) is 8. The Morgan fingerprint density at radius 1 is 1.25 bits per heavy atom. The van der Waals surface area contributed by atoms with Gasteiger partial charge in [-0.25, -0.2) is 4.39 Å². The fourth-order valence-corrected chi connectivity index (χ4v) is 6.08. The molecule has 0 saturated carbocycles. The number of allylic oxidation sites excluding steroid dienone is 1. The Hall–Kier alpha value is -4.01. The molecule has 4 rings (SSSR count). The molecule has 14 heteroatoms. The van der Waals surface area contributed by atoms with Gasteiger partial charge in [0, 0.05) is 29.7 Å². The number of phenols is 1. The lowest BCUT2D eigenvalue weighted by Crippen LogP contribution is -2.63. The van der Waals surface area contributed by atoms with Crippen molar-refractivity contribution in [2.24, 2.45) is 23.3 Å². The number of aliphatic carboxylic acids is 1. The molecule has 13 nitrogen and oxygen atoms in total. The first-order valence-corrected chi connectivity index (χ1v) is 12.6. The molecule has 216 valence electrons. The van der Waals surface area contributed by atoms with Crippen LogP contribution in [0.3, 0.4) is 0 Å². The van der Waals surface area contributed by atoms with Crippen molar-refractivity contribution < 1.29 is 49.1 Å². The number of carbonyl (C=O) groups excluding carboxylic acids is 3. The summed E-state index contributed by atoms with van der Waals surface area (Å²) < 4.78 is 15.3. The number of primary amides is 1. The molecule has 40 heavy (non-hydrogen) atoms. The number of nitrogens with zero attached hydrogens (tertiary/aromatic N) is 1. The number of aromatic hydroxyl groups is 1. The number of benzene rings is 1. The van der Waals surface area contributed by atoms with Crippen molar-refractivity contribution in [2.75, 3.05) is 26.0 Å². The number of Topliss-reactive ketones (excluding diaryl/α,β-unsaturated/α-hetero) is 2. The zero-order valence-corrected chi connectivity index (χ0v) is 21.8. The molecule has 1 aromatic rings. The smallest absolute Gasteiger partial charge is 0.320 e. The monoisotopic (exact) mass is 562 g/mol. The molecule has 0 fully saturated rings. The molecule has 1 amide bonds. The van der Waals surface area contributed by atoms with Crippen LogP contribution < -0.4 is 16.8 Å². The number of halogens is 1. The standard InChI is InChI=1S/C26H31FN4O9/c1-31(2)18-11-7-9-6-10-12(27)8-14(30-5-3-4-13(28)25(38)39)19(32)16(10)20(33)15(9)22(35)26(11,40)23(36)17(21(18)34)24(29)37/h8-9,11,13,18,30,32,34-35,40H,3-7,28H2,1-2H3,(H2,29,37)(H,38,39)/t9-,11-,13-,18-,26-/m0/s1. The summed E-state index contributed by atoms with van der Waals surface area (Å²) in [6, 6.07) is -1.26. The predicted octanol–water partition coefficient (Wildman–Crippen LogP) is -0.136. The molecule has 0 aliphatic heterocycles. The number of anilines is 1. The Balaban J connectivity index is 1.76. The number of rotatable bonds is 8. The summed E-state index contributed by atoms with van der Waals surface area (Å²) in [6.07, 6.45) is 0.00802. The summed E-state index contributed by atoms with van der Waals surface area (Å²) in [5.41, 5.74) is 5.89. The van der Waals surface area contributed by atoms with Crippen molar-refractivity contribution in [2.45, 2.75) is 43.4 Å². The minimum absolute atomic E-state index is 0.0884. The first-order chi connectivity index (χ1) is 18.6. The van der Waals surface area contributed by atoms with Crippen LogP contribution in [0.2, 0.25) is 0 Å². The van der Waals surface area contributed by atoms with Crippen molar-refractivity contribution in [3.63, 3.8) is 0 Å². The van der Waals surface area contributed by atoms with Crippen molar-refractivity contribution >= 4 is 29.1 Å². The largest absolute Gasteiger partial charge is 0.510 e. The number of ketones is 2. The summed E-state index contributed by atoms with van der Waals surface area (Å²) in [5.74, 6) is -10.2. The number of hydrogen-bond acceptors (Lipinski definition) is 11. The van der Waals surface area contributed by atoms with Crippen LogP contribution in [0, 0.1) is 17.7 Å². The summed E-state index contributed by atoms with van der Waals surface area (Å²) in [7, 11) is 3.02. The maximum atomic E-state index is 15.3. The van der Waals surface area contributed by atoms with Gasteiger partial charge in [0.2, 0.25) is 5.78 Å². The molecule has 1 aromatic carbocycles. The van der Waals surface area contributed by atoms with Crippen LogP contribution in [0.15, 0.2) is 28.7 Å². The number of amides is 1. The molecule has 0 saturated heterocycles. The minimum Gasteiger partial charge on any atom is -0.510 e. The summed E-state index contributed by atoms with van der Waals surface area (Å²) in [6.45, 7) is 0.0884. The second kappa shape index (κ2) is 10.2. The number of fused-ring (bicyclic) bond motifs is 3. The molecule has 0 spiro atoms. The molecular weight excluding hydrogens is 531 g/mol. The highest BCUT2D eigenvalue weighted by atomic mass is 19.1. The lowest BCUT2D eigenvalue weighted by atomic mass is 9.58. The molecule has 0 unspecified atom stereocenters. The molecular formula is C26H31FN4O9. The normalized spacial score (nSPS) is 26.8. The molecule has 0 radical (unpaired) electrons. The van der Waals surface area contributed by atoms with E-state index in [2.05, 4.69) is 5.32 Å². The van der Waals surface area contributed by atoms with Gasteiger partial charge < -0.3 is 42.3 Å². The van der Waals surface area contributed by atoms with E-state index in [1.165, 1.54) is 19.0 Å². The minimum atomic E-state index is -2.79. The molecule has 0 heterocycles. The van der Waals surface area contributed by atoms with E-state index in [1.807, 2.05) is 0 Å². The lowest BCUT2D eigenvalue weighted by molar-refractivity contribution is -0.148. The molecule has 0 bridgehead atoms. The topological polar surface area (TPSA) is 237 Å². The lowest BCUT2D eigenvalue weighted by Gasteiger charge is -2.50. The third-order valence-corrected chi connectivity index (χ3v) is 7.99. The van der Waals surface area contributed by atoms with Gasteiger partial charge in [0.25, 0.3) is 5.91 Å². The highest BCUT2D eigenvalue weighted by Gasteiger charge is 2.63. The van der Waals surface area contributed by atoms with E-state index in [9.17, 15) is 39.6 Å². The highest BCUT2D eigenvalue weighted by molar-refractivity contribution is 6.24. The third kappa shape index (κ3) is 4.28. The van der Waals surface area contributed by atoms with Crippen molar-refractivity contribution in [1.29, 1.82) is 0 Å². The number of phenolic OH excluding ortho intramolecular Hbond substituents is 1. The van der Waals surface area contributed by atoms with Crippen molar-refractivity contribution in [3.8, 4) is 5.75 Å². The number of carboxylic acid groups (broad SMARTS) is 1. The third-order valence-electron chi connectivity index (χ3n) is 7.99. The predicted molar refractivity (Wildman–Crippen MR) is 137 cm³/mol. The Morgan fingerprint density at radius 2 is 1.90 bits per heavy atom.